The van der Waals surface area contributed by atoms with Gasteiger partial charge in [0, 0.05) is 35.3 Å². The van der Waals surface area contributed by atoms with Crippen LogP contribution < -0.4 is 9.80 Å². The number of nitrogens with zero attached hydrogens (tertiary/aromatic N) is 2. The van der Waals surface area contributed by atoms with Gasteiger partial charge in [-0.15, -0.1) is 0 Å². The highest BCUT2D eigenvalue weighted by Gasteiger charge is 2.36. The van der Waals surface area contributed by atoms with Gasteiger partial charge >= 0.3 is 0 Å². The highest BCUT2D eigenvalue weighted by atomic mass is 32.2. The second-order valence-electron chi connectivity index (χ2n) is 11.0. The molecule has 0 aromatic heterocycles. The van der Waals surface area contributed by atoms with Crippen LogP contribution in [0.2, 0.25) is 0 Å². The Balaban J connectivity index is 1.20. The van der Waals surface area contributed by atoms with E-state index in [1.807, 2.05) is 38.1 Å². The van der Waals surface area contributed by atoms with Crippen molar-refractivity contribution >= 4 is 58.0 Å². The van der Waals surface area contributed by atoms with Gasteiger partial charge in [-0.05, 0) is 76.3 Å². The van der Waals surface area contributed by atoms with E-state index < -0.39 is 0 Å². The summed E-state index contributed by atoms with van der Waals surface area (Å²) in [5, 5.41) is 1.88. The van der Waals surface area contributed by atoms with Gasteiger partial charge in [-0.25, -0.2) is 0 Å². The predicted octanol–water partition coefficient (Wildman–Crippen LogP) is 7.86. The predicted molar refractivity (Wildman–Crippen MR) is 176 cm³/mol. The first kappa shape index (κ1) is 28.4. The van der Waals surface area contributed by atoms with Crippen LogP contribution in [-0.2, 0) is 0 Å². The Morgan fingerprint density at radius 1 is 0.545 bits per heavy atom. The third-order valence-corrected chi connectivity index (χ3v) is 10.8. The molecule has 0 unspecified atom stereocenters. The summed E-state index contributed by atoms with van der Waals surface area (Å²) >= 11 is 3.24. The van der Waals surface area contributed by atoms with Crippen molar-refractivity contribution in [1.82, 2.24) is 0 Å². The van der Waals surface area contributed by atoms with Gasteiger partial charge in [-0.2, -0.15) is 0 Å². The van der Waals surface area contributed by atoms with Crippen LogP contribution in [0, 0.1) is 13.8 Å². The summed E-state index contributed by atoms with van der Waals surface area (Å²) in [6, 6.07) is 15.0. The smallest absolute Gasteiger partial charge is 0.197 e. The number of carbonyl (C=O) groups excluding carboxylic acids is 4. The fourth-order valence-corrected chi connectivity index (χ4v) is 8.68. The van der Waals surface area contributed by atoms with Gasteiger partial charge in [0.1, 0.15) is 0 Å². The molecular weight excluding hydrogens is 589 g/mol. The van der Waals surface area contributed by atoms with Crippen LogP contribution in [0.4, 0.5) is 11.4 Å². The Hall–Kier alpha value is -4.40. The molecular formula is C36H28N2O4S2. The zero-order valence-corrected chi connectivity index (χ0v) is 26.3. The van der Waals surface area contributed by atoms with Gasteiger partial charge in [-0.1, -0.05) is 58.9 Å². The minimum atomic E-state index is -0.234. The Kier molecular flexibility index (Phi) is 6.86. The van der Waals surface area contributed by atoms with Gasteiger partial charge in [0.2, 0.25) is 0 Å². The summed E-state index contributed by atoms with van der Waals surface area (Å²) < 4.78 is 0. The van der Waals surface area contributed by atoms with E-state index >= 15 is 0 Å². The fraction of sp³-hybridized carbons (Fsp3) is 0.167. The minimum absolute atomic E-state index is 0.189. The van der Waals surface area contributed by atoms with E-state index in [0.717, 1.165) is 55.4 Å². The third-order valence-electron chi connectivity index (χ3n) is 8.32. The minimum Gasteiger partial charge on any atom is -0.335 e. The third kappa shape index (κ3) is 4.27. The first-order chi connectivity index (χ1) is 21.2. The monoisotopic (exact) mass is 616 g/mol. The summed E-state index contributed by atoms with van der Waals surface area (Å²) in [6.45, 7) is 9.41. The molecule has 4 aliphatic rings. The highest BCUT2D eigenvalue weighted by Crippen LogP contribution is 2.58. The maximum atomic E-state index is 13.1. The molecule has 0 fully saturated rings. The molecule has 0 saturated heterocycles. The van der Waals surface area contributed by atoms with Gasteiger partial charge < -0.3 is 9.80 Å². The lowest BCUT2D eigenvalue weighted by molar-refractivity contribution is 0.0973. The molecule has 8 heteroatoms. The van der Waals surface area contributed by atoms with Crippen molar-refractivity contribution < 1.29 is 19.2 Å². The summed E-state index contributed by atoms with van der Waals surface area (Å²) in [7, 11) is 0. The number of rotatable bonds is 4. The molecule has 0 bridgehead atoms. The van der Waals surface area contributed by atoms with Crippen LogP contribution in [0.1, 0.15) is 66.4 Å². The second kappa shape index (κ2) is 10.6. The van der Waals surface area contributed by atoms with Crippen LogP contribution in [-0.4, -0.2) is 36.2 Å². The summed E-state index contributed by atoms with van der Waals surface area (Å²) in [5.74, 6) is -0.931. The first-order valence-electron chi connectivity index (χ1n) is 14.5. The topological polar surface area (TPSA) is 74.8 Å². The van der Waals surface area contributed by atoms with E-state index in [2.05, 4.69) is 35.8 Å². The van der Waals surface area contributed by atoms with E-state index in [0.29, 0.717) is 22.3 Å². The van der Waals surface area contributed by atoms with Crippen molar-refractivity contribution in [1.29, 1.82) is 0 Å². The molecule has 2 aliphatic heterocycles. The molecule has 7 rings (SSSR count). The second-order valence-corrected chi connectivity index (χ2v) is 13.1. The van der Waals surface area contributed by atoms with Gasteiger partial charge in [0.15, 0.2) is 23.1 Å². The highest BCUT2D eigenvalue weighted by molar-refractivity contribution is 8.06. The van der Waals surface area contributed by atoms with E-state index in [4.69, 9.17) is 0 Å². The van der Waals surface area contributed by atoms with E-state index in [1.165, 1.54) is 0 Å². The van der Waals surface area contributed by atoms with Crippen molar-refractivity contribution in [3.63, 3.8) is 0 Å². The molecule has 44 heavy (non-hydrogen) atoms. The number of allylic oxidation sites excluding steroid dienone is 6. The standard InChI is InChI=1S/C36H28N2O4S2/c1-5-37-27-13-14-28-36(35(27)43-29(37)15-11-23-31(39)21-9-7-19(3)17-25(21)33(23)41)44-30(38(28)6-2)16-12-24-32(40)22-10-8-20(4)18-26(22)34(24)42/h7-18H,5-6H2,1-4H3/b23-11-,24-12-,29-15-,30-16-. The molecule has 0 saturated carbocycles. The molecule has 2 aliphatic carbocycles. The number of benzene rings is 3. The maximum absolute atomic E-state index is 13.1. The van der Waals surface area contributed by atoms with Crippen molar-refractivity contribution in [3.05, 3.63) is 127 Å². The molecule has 0 atom stereocenters. The lowest BCUT2D eigenvalue weighted by Gasteiger charge is -2.20. The van der Waals surface area contributed by atoms with Gasteiger partial charge in [0.05, 0.1) is 42.4 Å². The van der Waals surface area contributed by atoms with Gasteiger partial charge in [0.25, 0.3) is 0 Å². The summed E-state index contributed by atoms with van der Waals surface area (Å²) in [6.07, 6.45) is 7.07. The Morgan fingerprint density at radius 3 is 1.32 bits per heavy atom. The number of hydrogen-bond donors (Lipinski definition) is 0. The van der Waals surface area contributed by atoms with Crippen molar-refractivity contribution in [3.8, 4) is 0 Å². The molecule has 218 valence electrons. The Morgan fingerprint density at radius 2 is 0.932 bits per heavy atom. The number of fused-ring (bicyclic) bond motifs is 5. The summed E-state index contributed by atoms with van der Waals surface area (Å²) in [5.41, 5.74) is 6.27. The number of aryl methyl sites for hydroxylation is 2. The van der Waals surface area contributed by atoms with Crippen molar-refractivity contribution in [2.24, 2.45) is 0 Å². The molecule has 2 heterocycles. The Labute approximate surface area is 264 Å². The van der Waals surface area contributed by atoms with Crippen molar-refractivity contribution in [2.75, 3.05) is 22.9 Å². The molecule has 0 amide bonds. The lowest BCUT2D eigenvalue weighted by atomic mass is 10.1. The molecule has 6 nitrogen and oxygen atoms in total. The largest absolute Gasteiger partial charge is 0.335 e. The Bertz CT molecular complexity index is 1860. The number of anilines is 2. The lowest BCUT2D eigenvalue weighted by Crippen LogP contribution is -2.17. The van der Waals surface area contributed by atoms with Crippen LogP contribution in [0.25, 0.3) is 0 Å². The van der Waals surface area contributed by atoms with Crippen LogP contribution >= 0.6 is 23.5 Å². The molecule has 0 spiro atoms. The van der Waals surface area contributed by atoms with Crippen molar-refractivity contribution in [2.45, 2.75) is 37.5 Å². The average molecular weight is 617 g/mol. The number of carbonyl (C=O) groups is 4. The van der Waals surface area contributed by atoms with E-state index in [9.17, 15) is 19.2 Å². The van der Waals surface area contributed by atoms with E-state index in [-0.39, 0.29) is 34.3 Å². The number of ketones is 4. The number of Topliss-reactive ketones (excluding diaryl/α,β-unsaturated/α-hetero) is 4. The molecule has 3 aromatic carbocycles. The number of hydrogen-bond acceptors (Lipinski definition) is 8. The van der Waals surface area contributed by atoms with Crippen LogP contribution in [0.5, 0.6) is 0 Å². The maximum Gasteiger partial charge on any atom is 0.197 e. The summed E-state index contributed by atoms with van der Waals surface area (Å²) in [4.78, 5) is 58.8. The van der Waals surface area contributed by atoms with Crippen LogP contribution in [0.15, 0.2) is 104 Å². The fourth-order valence-electron chi connectivity index (χ4n) is 6.11. The zero-order valence-electron chi connectivity index (χ0n) is 24.7. The molecule has 3 aromatic rings. The van der Waals surface area contributed by atoms with Crippen LogP contribution in [0.3, 0.4) is 0 Å². The zero-order chi connectivity index (χ0) is 30.9. The first-order valence-corrected chi connectivity index (χ1v) is 16.2. The molecule has 0 radical (unpaired) electrons. The SMILES string of the molecule is CCN1/C(=C/C=C2/C(=O)c3ccc(C)cc3C2=O)Sc2c1ccc1c2S/C(=C\C=C2\C(=O)c3ccc(C)cc3C2=O)N1CC. The number of thioether (sulfide) groups is 2. The van der Waals surface area contributed by atoms with E-state index in [1.54, 1.807) is 59.9 Å². The molecule has 0 N–H and O–H groups in total. The quantitative estimate of drug-likeness (QED) is 0.217. The normalized spacial score (nSPS) is 20.5. The van der Waals surface area contributed by atoms with Gasteiger partial charge in [-0.3, -0.25) is 19.2 Å². The average Bonchev–Trinajstić information content (AvgIpc) is 3.69.